The van der Waals surface area contributed by atoms with E-state index in [4.69, 9.17) is 4.74 Å². The molecule has 0 bridgehead atoms. The van der Waals surface area contributed by atoms with Gasteiger partial charge >= 0.3 is 0 Å². The van der Waals surface area contributed by atoms with Crippen LogP contribution in [-0.4, -0.2) is 5.91 Å². The van der Waals surface area contributed by atoms with Crippen LogP contribution < -0.4 is 5.32 Å². The number of hydrogen-bond donors (Lipinski definition) is 1. The molecule has 6 atom stereocenters. The second-order valence-electron chi connectivity index (χ2n) is 9.91. The van der Waals surface area contributed by atoms with Gasteiger partial charge in [-0.1, -0.05) is 20.3 Å². The van der Waals surface area contributed by atoms with E-state index in [0.29, 0.717) is 17.3 Å². The molecule has 1 amide bonds. The fraction of sp³-hybridized carbons (Fsp3) is 0.773. The van der Waals surface area contributed by atoms with E-state index in [1.807, 2.05) is 0 Å². The largest absolute Gasteiger partial charge is 0.458 e. The van der Waals surface area contributed by atoms with E-state index in [2.05, 4.69) is 26.1 Å². The van der Waals surface area contributed by atoms with Crippen LogP contribution in [0.3, 0.4) is 0 Å². The number of allylic oxidation sites excluding steroid dienone is 1. The van der Waals surface area contributed by atoms with Crippen molar-refractivity contribution in [3.8, 4) is 0 Å². The van der Waals surface area contributed by atoms with Gasteiger partial charge in [0.05, 0.1) is 5.41 Å². The Bertz CT molecular complexity index is 716. The summed E-state index contributed by atoms with van der Waals surface area (Å²) in [7, 11) is 0. The number of ether oxygens (including phenoxy) is 1. The number of carbonyl (C=O) groups excluding carboxylic acids is 1. The van der Waals surface area contributed by atoms with Gasteiger partial charge in [0.25, 0.3) is 0 Å². The maximum absolute atomic E-state index is 11.8. The molecule has 5 rings (SSSR count). The van der Waals surface area contributed by atoms with Gasteiger partial charge in [0.2, 0.25) is 5.91 Å². The minimum absolute atomic E-state index is 0.0254. The molecule has 3 heteroatoms. The second-order valence-corrected chi connectivity index (χ2v) is 9.91. The normalized spacial score (nSPS) is 47.4. The molecule has 3 nitrogen and oxygen atoms in total. The van der Waals surface area contributed by atoms with E-state index in [1.54, 1.807) is 6.92 Å². The molecule has 4 aliphatic carbocycles. The molecule has 1 unspecified atom stereocenters. The van der Waals surface area contributed by atoms with Gasteiger partial charge in [0, 0.05) is 19.0 Å². The summed E-state index contributed by atoms with van der Waals surface area (Å²) < 4.78 is 6.04. The number of nitrogens with one attached hydrogen (secondary N) is 1. The molecule has 1 aliphatic heterocycles. The average molecular weight is 341 g/mol. The van der Waals surface area contributed by atoms with Crippen molar-refractivity contribution in [1.29, 1.82) is 0 Å². The minimum Gasteiger partial charge on any atom is -0.458 e. The number of carbonyl (C=O) groups is 1. The number of hydrogen-bond acceptors (Lipinski definition) is 2. The molecule has 0 aromatic rings. The summed E-state index contributed by atoms with van der Waals surface area (Å²) in [5, 5.41) is 3.17. The Balaban J connectivity index is 1.59. The molecule has 1 N–H and O–H groups in total. The lowest BCUT2D eigenvalue weighted by Gasteiger charge is -2.57. The molecule has 5 aliphatic rings. The standard InChI is InChI=1S/C22H31NO2/c1-12-10-14-15-6-5-8-21(15,3)9-7-16(14)22(4)19(12)17(23-13(2)24)11-18-20(22)25-18/h12,14-16H,5-11H2,1-4H3,(H,23,24)/t12?,14-,15-,16-,21-,22+/m0/s1. The maximum Gasteiger partial charge on any atom is 0.221 e. The van der Waals surface area contributed by atoms with Gasteiger partial charge < -0.3 is 10.1 Å². The molecule has 0 aromatic carbocycles. The van der Waals surface area contributed by atoms with Crippen molar-refractivity contribution in [3.63, 3.8) is 0 Å². The minimum atomic E-state index is 0.0254. The first-order valence-electron chi connectivity index (χ1n) is 10.3. The maximum atomic E-state index is 11.8. The SMILES string of the molecule is CC(=O)NC1=C2C(C)C[C@H]3[C@@H]4CCC[C@@]4(C)CC[C@@H]3[C@@]2(C)C2=C(C1)O2. The first kappa shape index (κ1) is 16.0. The van der Waals surface area contributed by atoms with E-state index in [1.165, 1.54) is 49.9 Å². The molecule has 0 radical (unpaired) electrons. The van der Waals surface area contributed by atoms with Crippen molar-refractivity contribution in [3.05, 3.63) is 22.8 Å². The predicted molar refractivity (Wildman–Crippen MR) is 97.1 cm³/mol. The summed E-state index contributed by atoms with van der Waals surface area (Å²) in [6.45, 7) is 9.00. The number of amides is 1. The van der Waals surface area contributed by atoms with Crippen molar-refractivity contribution in [1.82, 2.24) is 5.32 Å². The monoisotopic (exact) mass is 341 g/mol. The Labute approximate surface area is 151 Å². The van der Waals surface area contributed by atoms with Crippen LogP contribution in [0.4, 0.5) is 0 Å². The quantitative estimate of drug-likeness (QED) is 0.737. The molecule has 0 saturated heterocycles. The van der Waals surface area contributed by atoms with Crippen LogP contribution in [0.25, 0.3) is 0 Å². The first-order valence-corrected chi connectivity index (χ1v) is 10.3. The number of rotatable bonds is 1. The molecular formula is C22H31NO2. The van der Waals surface area contributed by atoms with E-state index in [-0.39, 0.29) is 11.3 Å². The van der Waals surface area contributed by atoms with Crippen LogP contribution in [0.15, 0.2) is 22.8 Å². The molecule has 3 saturated carbocycles. The highest BCUT2D eigenvalue weighted by Gasteiger charge is 2.63. The molecule has 3 fully saturated rings. The van der Waals surface area contributed by atoms with Crippen LogP contribution in [0.5, 0.6) is 0 Å². The Morgan fingerprint density at radius 2 is 2.00 bits per heavy atom. The van der Waals surface area contributed by atoms with Crippen molar-refractivity contribution >= 4 is 5.91 Å². The van der Waals surface area contributed by atoms with E-state index in [0.717, 1.165) is 29.7 Å². The third kappa shape index (κ3) is 2.01. The van der Waals surface area contributed by atoms with E-state index < -0.39 is 0 Å². The lowest BCUT2D eigenvalue weighted by Crippen LogP contribution is -2.51. The summed E-state index contributed by atoms with van der Waals surface area (Å²) in [4.78, 5) is 11.8. The van der Waals surface area contributed by atoms with Crippen LogP contribution in [-0.2, 0) is 9.53 Å². The summed E-state index contributed by atoms with van der Waals surface area (Å²) in [6.07, 6.45) is 9.04. The average Bonchev–Trinajstić information content (AvgIpc) is 3.19. The highest BCUT2D eigenvalue weighted by molar-refractivity contribution is 5.75. The Kier molecular flexibility index (Phi) is 3.14. The molecule has 0 aromatic heterocycles. The fourth-order valence-corrected chi connectivity index (χ4v) is 7.65. The number of fused-ring (bicyclic) bond motifs is 6. The van der Waals surface area contributed by atoms with Crippen LogP contribution in [0.1, 0.15) is 72.6 Å². The van der Waals surface area contributed by atoms with Gasteiger partial charge in [-0.25, -0.2) is 0 Å². The summed E-state index contributed by atoms with van der Waals surface area (Å²) in [5.41, 5.74) is 3.24. The van der Waals surface area contributed by atoms with Crippen LogP contribution >= 0.6 is 0 Å². The summed E-state index contributed by atoms with van der Waals surface area (Å²) >= 11 is 0. The van der Waals surface area contributed by atoms with Crippen molar-refractivity contribution in [2.75, 3.05) is 0 Å². The molecule has 1 heterocycles. The van der Waals surface area contributed by atoms with Gasteiger partial charge in [0.1, 0.15) is 5.76 Å². The van der Waals surface area contributed by atoms with Crippen LogP contribution in [0.2, 0.25) is 0 Å². The Morgan fingerprint density at radius 3 is 2.76 bits per heavy atom. The van der Waals surface area contributed by atoms with Crippen molar-refractivity contribution < 1.29 is 9.53 Å². The smallest absolute Gasteiger partial charge is 0.221 e. The highest BCUT2D eigenvalue weighted by atomic mass is 16.6. The molecule has 136 valence electrons. The van der Waals surface area contributed by atoms with Gasteiger partial charge in [-0.05, 0) is 73.7 Å². The Hall–Kier alpha value is -1.25. The van der Waals surface area contributed by atoms with Gasteiger partial charge in [-0.2, -0.15) is 0 Å². The topological polar surface area (TPSA) is 41.6 Å². The third-order valence-corrected chi connectivity index (χ3v) is 8.54. The summed E-state index contributed by atoms with van der Waals surface area (Å²) in [5.74, 6) is 5.39. The zero-order chi connectivity index (χ0) is 17.6. The van der Waals surface area contributed by atoms with Crippen molar-refractivity contribution in [2.24, 2.45) is 34.5 Å². The molecular weight excluding hydrogens is 310 g/mol. The zero-order valence-electron chi connectivity index (χ0n) is 16.1. The third-order valence-electron chi connectivity index (χ3n) is 8.54. The lowest BCUT2D eigenvalue weighted by atomic mass is 9.46. The fourth-order valence-electron chi connectivity index (χ4n) is 7.65. The van der Waals surface area contributed by atoms with Crippen molar-refractivity contribution in [2.45, 2.75) is 72.6 Å². The van der Waals surface area contributed by atoms with E-state index >= 15 is 0 Å². The van der Waals surface area contributed by atoms with E-state index in [9.17, 15) is 4.79 Å². The van der Waals surface area contributed by atoms with Crippen LogP contribution in [0, 0.1) is 34.5 Å². The molecule has 25 heavy (non-hydrogen) atoms. The first-order chi connectivity index (χ1) is 11.8. The lowest BCUT2D eigenvalue weighted by molar-refractivity contribution is -0.118. The van der Waals surface area contributed by atoms with Gasteiger partial charge in [0.15, 0.2) is 5.76 Å². The second kappa shape index (κ2) is 4.92. The highest BCUT2D eigenvalue weighted by Crippen LogP contribution is 2.70. The molecule has 0 spiro atoms. The zero-order valence-corrected chi connectivity index (χ0v) is 16.1. The Morgan fingerprint density at radius 1 is 1.20 bits per heavy atom. The van der Waals surface area contributed by atoms with Gasteiger partial charge in [-0.15, -0.1) is 0 Å². The van der Waals surface area contributed by atoms with Gasteiger partial charge in [-0.3, -0.25) is 4.79 Å². The predicted octanol–water partition coefficient (Wildman–Crippen LogP) is 4.90. The summed E-state index contributed by atoms with van der Waals surface area (Å²) in [6, 6.07) is 0.